The Balaban J connectivity index is 3.38. The first-order valence-electron chi connectivity index (χ1n) is 4.69. The third-order valence-corrected chi connectivity index (χ3v) is 2.22. The summed E-state index contributed by atoms with van der Waals surface area (Å²) in [4.78, 5) is 0. The Morgan fingerprint density at radius 1 is 1.27 bits per heavy atom. The molecule has 0 aliphatic carbocycles. The van der Waals surface area contributed by atoms with Crippen LogP contribution in [-0.2, 0) is 0 Å². The van der Waals surface area contributed by atoms with Crippen LogP contribution >= 0.6 is 0 Å². The first-order chi connectivity index (χ1) is 6.97. The van der Waals surface area contributed by atoms with Crippen molar-refractivity contribution in [2.24, 2.45) is 5.73 Å². The molecule has 0 amide bonds. The molecule has 84 valence electrons. The van der Waals surface area contributed by atoms with E-state index in [-0.39, 0.29) is 17.4 Å². The third-order valence-electron chi connectivity index (χ3n) is 2.22. The largest absolute Gasteiger partial charge is 0.496 e. The summed E-state index contributed by atoms with van der Waals surface area (Å²) in [5.74, 6) is 0.200. The summed E-state index contributed by atoms with van der Waals surface area (Å²) < 4.78 is 30.4. The molecule has 1 unspecified atom stereocenters. The number of hydrogen-bond acceptors (Lipinski definition) is 2. The van der Waals surface area contributed by atoms with Crippen molar-refractivity contribution >= 4 is 0 Å². The number of rotatable bonds is 3. The van der Waals surface area contributed by atoms with E-state index in [0.717, 1.165) is 5.56 Å². The summed E-state index contributed by atoms with van der Waals surface area (Å²) in [7, 11) is 1.38. The van der Waals surface area contributed by atoms with Gasteiger partial charge in [-0.15, -0.1) is 0 Å². The minimum Gasteiger partial charge on any atom is -0.496 e. The van der Waals surface area contributed by atoms with Crippen molar-refractivity contribution in [3.63, 3.8) is 0 Å². The molecule has 4 heteroatoms. The normalized spacial score (nSPS) is 13.0. The van der Waals surface area contributed by atoms with Gasteiger partial charge in [0.1, 0.15) is 5.75 Å². The summed E-state index contributed by atoms with van der Waals surface area (Å²) in [6, 6.07) is 2.88. The van der Waals surface area contributed by atoms with Gasteiger partial charge in [0.05, 0.1) is 12.7 Å². The van der Waals surface area contributed by atoms with Gasteiger partial charge in [-0.05, 0) is 19.9 Å². The van der Waals surface area contributed by atoms with Gasteiger partial charge in [0.2, 0.25) is 0 Å². The van der Waals surface area contributed by atoms with Crippen LogP contribution in [0, 0.1) is 6.92 Å². The Morgan fingerprint density at radius 2 is 1.80 bits per heavy atom. The van der Waals surface area contributed by atoms with Crippen LogP contribution in [0.3, 0.4) is 0 Å². The number of nitrogens with two attached hydrogens (primary N) is 1. The number of hydrogen-bond donors (Lipinski definition) is 1. The minimum absolute atomic E-state index is 0.0928. The maximum Gasteiger partial charge on any atom is 0.267 e. The van der Waals surface area contributed by atoms with Crippen molar-refractivity contribution < 1.29 is 13.5 Å². The van der Waals surface area contributed by atoms with E-state index in [4.69, 9.17) is 10.5 Å². The molecule has 1 aromatic carbocycles. The molecule has 0 aromatic heterocycles. The fraction of sp³-hybridized carbons (Fsp3) is 0.455. The second kappa shape index (κ2) is 4.57. The zero-order valence-corrected chi connectivity index (χ0v) is 9.05. The predicted octanol–water partition coefficient (Wildman–Crippen LogP) is 2.96. The lowest BCUT2D eigenvalue weighted by molar-refractivity contribution is 0.146. The van der Waals surface area contributed by atoms with Gasteiger partial charge in [-0.1, -0.05) is 11.6 Å². The van der Waals surface area contributed by atoms with Crippen molar-refractivity contribution in [2.45, 2.75) is 26.3 Å². The number of ether oxygens (including phenoxy) is 1. The molecule has 0 aliphatic heterocycles. The van der Waals surface area contributed by atoms with E-state index in [9.17, 15) is 8.78 Å². The van der Waals surface area contributed by atoms with Crippen LogP contribution in [0.5, 0.6) is 5.75 Å². The number of halogens is 2. The predicted molar refractivity (Wildman–Crippen MR) is 55.3 cm³/mol. The summed E-state index contributed by atoms with van der Waals surface area (Å²) in [6.07, 6.45) is -2.54. The minimum atomic E-state index is -2.54. The molecule has 0 spiro atoms. The molecule has 1 rings (SSSR count). The van der Waals surface area contributed by atoms with Gasteiger partial charge >= 0.3 is 0 Å². The molecule has 1 aromatic rings. The Labute approximate surface area is 88.0 Å². The van der Waals surface area contributed by atoms with E-state index in [1.807, 2.05) is 0 Å². The Morgan fingerprint density at radius 3 is 2.20 bits per heavy atom. The van der Waals surface area contributed by atoms with E-state index in [2.05, 4.69) is 0 Å². The lowest BCUT2D eigenvalue weighted by atomic mass is 10.0. The maximum absolute atomic E-state index is 12.7. The summed E-state index contributed by atoms with van der Waals surface area (Å²) in [6.45, 7) is 3.50. The first kappa shape index (κ1) is 11.9. The molecule has 2 N–H and O–H groups in total. The molecule has 15 heavy (non-hydrogen) atoms. The van der Waals surface area contributed by atoms with Crippen LogP contribution in [0.2, 0.25) is 0 Å². The van der Waals surface area contributed by atoms with Crippen molar-refractivity contribution in [3.8, 4) is 5.75 Å². The number of methoxy groups -OCH3 is 1. The fourth-order valence-electron chi connectivity index (χ4n) is 1.57. The summed E-state index contributed by atoms with van der Waals surface area (Å²) >= 11 is 0. The quantitative estimate of drug-likeness (QED) is 0.841. The van der Waals surface area contributed by atoms with Crippen LogP contribution in [-0.4, -0.2) is 7.11 Å². The van der Waals surface area contributed by atoms with Gasteiger partial charge in [0.25, 0.3) is 6.43 Å². The lowest BCUT2D eigenvalue weighted by Crippen LogP contribution is -2.09. The standard InChI is InChI=1S/C11H15F2NO/c1-6-4-8(7(2)14)10(15-3)9(5-6)11(12)13/h4-5,7,11H,14H2,1-3H3. The average Bonchev–Trinajstić information content (AvgIpc) is 2.16. The second-order valence-corrected chi connectivity index (χ2v) is 3.57. The summed E-state index contributed by atoms with van der Waals surface area (Å²) in [5.41, 5.74) is 6.99. The molecule has 0 radical (unpaired) electrons. The van der Waals surface area contributed by atoms with Crippen molar-refractivity contribution in [3.05, 3.63) is 28.8 Å². The first-order valence-corrected chi connectivity index (χ1v) is 4.69. The number of benzene rings is 1. The highest BCUT2D eigenvalue weighted by atomic mass is 19.3. The number of aryl methyl sites for hydroxylation is 1. The Bertz CT molecular complexity index is 321. The van der Waals surface area contributed by atoms with E-state index in [1.54, 1.807) is 19.9 Å². The zero-order valence-electron chi connectivity index (χ0n) is 9.05. The van der Waals surface area contributed by atoms with E-state index < -0.39 is 6.43 Å². The van der Waals surface area contributed by atoms with Gasteiger partial charge < -0.3 is 10.5 Å². The van der Waals surface area contributed by atoms with Gasteiger partial charge in [0, 0.05) is 11.6 Å². The molecule has 0 fully saturated rings. The van der Waals surface area contributed by atoms with Crippen molar-refractivity contribution in [1.82, 2.24) is 0 Å². The van der Waals surface area contributed by atoms with Crippen LogP contribution in [0.15, 0.2) is 12.1 Å². The number of alkyl halides is 2. The Kier molecular flexibility index (Phi) is 3.63. The van der Waals surface area contributed by atoms with E-state index in [1.165, 1.54) is 13.2 Å². The highest BCUT2D eigenvalue weighted by molar-refractivity contribution is 5.46. The molecule has 0 heterocycles. The molecule has 0 saturated heterocycles. The van der Waals surface area contributed by atoms with E-state index in [0.29, 0.717) is 5.56 Å². The summed E-state index contributed by atoms with van der Waals surface area (Å²) in [5, 5.41) is 0. The average molecular weight is 215 g/mol. The van der Waals surface area contributed by atoms with Crippen molar-refractivity contribution in [1.29, 1.82) is 0 Å². The smallest absolute Gasteiger partial charge is 0.267 e. The Hall–Kier alpha value is -1.16. The van der Waals surface area contributed by atoms with Gasteiger partial charge in [0.15, 0.2) is 0 Å². The van der Waals surface area contributed by atoms with Gasteiger partial charge in [-0.3, -0.25) is 0 Å². The lowest BCUT2D eigenvalue weighted by Gasteiger charge is -2.16. The van der Waals surface area contributed by atoms with Gasteiger partial charge in [-0.25, -0.2) is 8.78 Å². The topological polar surface area (TPSA) is 35.2 Å². The molecule has 0 aliphatic rings. The zero-order chi connectivity index (χ0) is 11.6. The fourth-order valence-corrected chi connectivity index (χ4v) is 1.57. The molecule has 0 bridgehead atoms. The SMILES string of the molecule is COc1c(C(C)N)cc(C)cc1C(F)F. The van der Waals surface area contributed by atoms with Gasteiger partial charge in [-0.2, -0.15) is 0 Å². The van der Waals surface area contributed by atoms with Crippen LogP contribution in [0.4, 0.5) is 8.78 Å². The maximum atomic E-state index is 12.7. The highest BCUT2D eigenvalue weighted by Gasteiger charge is 2.19. The monoisotopic (exact) mass is 215 g/mol. The molecular formula is C11H15F2NO. The molecule has 2 nitrogen and oxygen atoms in total. The van der Waals surface area contributed by atoms with Crippen LogP contribution in [0.25, 0.3) is 0 Å². The van der Waals surface area contributed by atoms with Crippen molar-refractivity contribution in [2.75, 3.05) is 7.11 Å². The van der Waals surface area contributed by atoms with Crippen LogP contribution < -0.4 is 10.5 Å². The van der Waals surface area contributed by atoms with E-state index >= 15 is 0 Å². The molecule has 0 saturated carbocycles. The second-order valence-electron chi connectivity index (χ2n) is 3.57. The third kappa shape index (κ3) is 2.45. The highest BCUT2D eigenvalue weighted by Crippen LogP contribution is 2.35. The molecular weight excluding hydrogens is 200 g/mol. The van der Waals surface area contributed by atoms with Crippen LogP contribution in [0.1, 0.15) is 36.1 Å². The molecule has 1 atom stereocenters.